The van der Waals surface area contributed by atoms with Crippen LogP contribution in [0.3, 0.4) is 0 Å². The molecule has 7 heteroatoms. The van der Waals surface area contributed by atoms with E-state index in [1.807, 2.05) is 21.6 Å². The number of hydrogen-bond acceptors (Lipinski definition) is 6. The quantitative estimate of drug-likeness (QED) is 0.674. The van der Waals surface area contributed by atoms with Crippen LogP contribution < -0.4 is 0 Å². The third-order valence-electron chi connectivity index (χ3n) is 2.65. The summed E-state index contributed by atoms with van der Waals surface area (Å²) in [7, 11) is 9.99. The van der Waals surface area contributed by atoms with E-state index in [9.17, 15) is 0 Å². The van der Waals surface area contributed by atoms with Crippen molar-refractivity contribution in [3.8, 4) is 0 Å². The molecule has 1 unspecified atom stereocenters. The summed E-state index contributed by atoms with van der Waals surface area (Å²) >= 11 is 0. The highest BCUT2D eigenvalue weighted by atomic mass is 35.5. The maximum absolute atomic E-state index is 4.71. The first kappa shape index (κ1) is 14.4. The largest absolute Gasteiger partial charge is 0.348 e. The first-order chi connectivity index (χ1) is 7.16. The zero-order valence-corrected chi connectivity index (χ0v) is 12.4. The SMILES string of the molecule is CN1CCN(C2=NC(N(C)C)SS2)CC1.Cl. The summed E-state index contributed by atoms with van der Waals surface area (Å²) in [6, 6.07) is 0. The van der Waals surface area contributed by atoms with Gasteiger partial charge in [0.25, 0.3) is 0 Å². The molecule has 0 bridgehead atoms. The normalized spacial score (nSPS) is 26.9. The molecule has 0 aromatic rings. The molecule has 1 fully saturated rings. The van der Waals surface area contributed by atoms with Crippen LogP contribution in [0, 0.1) is 0 Å². The van der Waals surface area contributed by atoms with Gasteiger partial charge in [-0.25, -0.2) is 4.99 Å². The molecule has 0 spiro atoms. The monoisotopic (exact) mass is 282 g/mol. The Kier molecular flexibility index (Phi) is 5.73. The van der Waals surface area contributed by atoms with Gasteiger partial charge in [-0.05, 0) is 42.7 Å². The van der Waals surface area contributed by atoms with Gasteiger partial charge in [0.05, 0.1) is 0 Å². The van der Waals surface area contributed by atoms with Crippen molar-refractivity contribution in [3.05, 3.63) is 0 Å². The van der Waals surface area contributed by atoms with Crippen molar-refractivity contribution in [2.45, 2.75) is 5.50 Å². The van der Waals surface area contributed by atoms with Crippen LogP contribution in [0.25, 0.3) is 0 Å². The van der Waals surface area contributed by atoms with Crippen LogP contribution in [0.2, 0.25) is 0 Å². The molecule has 0 amide bonds. The third-order valence-corrected chi connectivity index (χ3v) is 5.21. The number of amidine groups is 1. The second kappa shape index (κ2) is 6.35. The Morgan fingerprint density at radius 2 is 1.88 bits per heavy atom. The predicted molar refractivity (Wildman–Crippen MR) is 76.4 cm³/mol. The number of likely N-dealkylation sites (N-methyl/N-ethyl adjacent to an activating group) is 1. The van der Waals surface area contributed by atoms with E-state index in [0.717, 1.165) is 26.2 Å². The molecule has 0 aliphatic carbocycles. The van der Waals surface area contributed by atoms with Crippen LogP contribution in [0.4, 0.5) is 0 Å². The van der Waals surface area contributed by atoms with Crippen LogP contribution in [0.15, 0.2) is 4.99 Å². The molecule has 2 rings (SSSR count). The molecular formula is C9H19ClN4S2. The van der Waals surface area contributed by atoms with Crippen molar-refractivity contribution in [1.82, 2.24) is 14.7 Å². The standard InChI is InChI=1S/C9H18N4S2.ClH/c1-11(2)8-10-9(15-14-8)13-6-4-12(3)5-7-13;/h8H,4-7H2,1-3H3;1H. The first-order valence-electron chi connectivity index (χ1n) is 5.18. The molecule has 0 radical (unpaired) electrons. The van der Waals surface area contributed by atoms with E-state index < -0.39 is 0 Å². The van der Waals surface area contributed by atoms with Gasteiger partial charge in [0.1, 0.15) is 0 Å². The Morgan fingerprint density at radius 3 is 2.38 bits per heavy atom. The number of rotatable bonds is 1. The lowest BCUT2D eigenvalue weighted by Crippen LogP contribution is -2.46. The lowest BCUT2D eigenvalue weighted by molar-refractivity contribution is 0.217. The van der Waals surface area contributed by atoms with Crippen molar-refractivity contribution in [2.24, 2.45) is 4.99 Å². The second-order valence-electron chi connectivity index (χ2n) is 4.17. The van der Waals surface area contributed by atoms with Gasteiger partial charge in [-0.15, -0.1) is 12.4 Å². The summed E-state index contributed by atoms with van der Waals surface area (Å²) in [4.78, 5) is 11.6. The fourth-order valence-corrected chi connectivity index (χ4v) is 4.15. The molecule has 4 nitrogen and oxygen atoms in total. The van der Waals surface area contributed by atoms with Crippen molar-refractivity contribution < 1.29 is 0 Å². The van der Waals surface area contributed by atoms with Gasteiger partial charge in [-0.1, -0.05) is 0 Å². The fraction of sp³-hybridized carbons (Fsp3) is 0.889. The van der Waals surface area contributed by atoms with Gasteiger partial charge in [0.2, 0.25) is 0 Å². The summed E-state index contributed by atoms with van der Waals surface area (Å²) in [5.74, 6) is 0. The van der Waals surface area contributed by atoms with E-state index in [2.05, 4.69) is 35.8 Å². The van der Waals surface area contributed by atoms with E-state index in [1.165, 1.54) is 5.17 Å². The highest BCUT2D eigenvalue weighted by molar-refractivity contribution is 8.82. The van der Waals surface area contributed by atoms with Gasteiger partial charge >= 0.3 is 0 Å². The maximum atomic E-state index is 4.71. The third kappa shape index (κ3) is 3.43. The van der Waals surface area contributed by atoms with Gasteiger partial charge in [-0.3, -0.25) is 4.90 Å². The van der Waals surface area contributed by atoms with Crippen LogP contribution in [0.5, 0.6) is 0 Å². The molecule has 2 heterocycles. The molecule has 1 atom stereocenters. The van der Waals surface area contributed by atoms with E-state index in [-0.39, 0.29) is 12.4 Å². The van der Waals surface area contributed by atoms with Crippen molar-refractivity contribution in [1.29, 1.82) is 0 Å². The molecule has 2 aliphatic rings. The lowest BCUT2D eigenvalue weighted by Gasteiger charge is -2.32. The van der Waals surface area contributed by atoms with Crippen LogP contribution in [-0.4, -0.2) is 72.7 Å². The topological polar surface area (TPSA) is 22.1 Å². The molecule has 1 saturated heterocycles. The van der Waals surface area contributed by atoms with E-state index in [4.69, 9.17) is 4.99 Å². The van der Waals surface area contributed by atoms with E-state index in [0.29, 0.717) is 5.50 Å². The molecule has 0 saturated carbocycles. The molecule has 2 aliphatic heterocycles. The van der Waals surface area contributed by atoms with E-state index in [1.54, 1.807) is 0 Å². The van der Waals surface area contributed by atoms with Gasteiger partial charge in [0, 0.05) is 26.2 Å². The Labute approximate surface area is 112 Å². The minimum atomic E-state index is 0. The first-order valence-corrected chi connectivity index (χ1v) is 7.39. The molecule has 0 N–H and O–H groups in total. The zero-order valence-electron chi connectivity index (χ0n) is 9.92. The average molecular weight is 283 g/mol. The summed E-state index contributed by atoms with van der Waals surface area (Å²) in [6.45, 7) is 4.53. The van der Waals surface area contributed by atoms with Crippen molar-refractivity contribution >= 4 is 39.2 Å². The number of aliphatic imine (C=N–C) groups is 1. The van der Waals surface area contributed by atoms with Gasteiger partial charge in [-0.2, -0.15) is 0 Å². The van der Waals surface area contributed by atoms with Crippen molar-refractivity contribution in [2.75, 3.05) is 47.3 Å². The molecule has 94 valence electrons. The summed E-state index contributed by atoms with van der Waals surface area (Å²) < 4.78 is 0. The van der Waals surface area contributed by atoms with Crippen LogP contribution in [0.1, 0.15) is 0 Å². The second-order valence-corrected chi connectivity index (χ2v) is 6.39. The molecule has 16 heavy (non-hydrogen) atoms. The van der Waals surface area contributed by atoms with E-state index >= 15 is 0 Å². The van der Waals surface area contributed by atoms with Crippen LogP contribution in [-0.2, 0) is 0 Å². The number of halogens is 1. The smallest absolute Gasteiger partial charge is 0.172 e. The Balaban J connectivity index is 0.00000128. The minimum absolute atomic E-state index is 0. The van der Waals surface area contributed by atoms with Crippen LogP contribution >= 0.6 is 34.0 Å². The highest BCUT2D eigenvalue weighted by Crippen LogP contribution is 2.38. The fourth-order valence-electron chi connectivity index (χ4n) is 1.56. The Bertz CT molecular complexity index is 254. The highest BCUT2D eigenvalue weighted by Gasteiger charge is 2.26. The Morgan fingerprint density at radius 1 is 1.25 bits per heavy atom. The molecular weight excluding hydrogens is 264 g/mol. The Hall–Kier alpha value is 0.380. The summed E-state index contributed by atoms with van der Waals surface area (Å²) in [5.41, 5.74) is 0.296. The predicted octanol–water partition coefficient (Wildman–Crippen LogP) is 1.25. The number of hydrogen-bond donors (Lipinski definition) is 0. The number of piperazine rings is 1. The maximum Gasteiger partial charge on any atom is 0.172 e. The van der Waals surface area contributed by atoms with Gasteiger partial charge < -0.3 is 9.80 Å². The summed E-state index contributed by atoms with van der Waals surface area (Å²) in [5, 5.41) is 1.21. The molecule has 0 aromatic heterocycles. The zero-order chi connectivity index (χ0) is 10.8. The lowest BCUT2D eigenvalue weighted by atomic mass is 10.3. The average Bonchev–Trinajstić information content (AvgIpc) is 2.68. The number of nitrogens with zero attached hydrogens (tertiary/aromatic N) is 4. The minimum Gasteiger partial charge on any atom is -0.348 e. The van der Waals surface area contributed by atoms with Gasteiger partial charge in [0.15, 0.2) is 10.7 Å². The van der Waals surface area contributed by atoms with Crippen molar-refractivity contribution in [3.63, 3.8) is 0 Å². The summed E-state index contributed by atoms with van der Waals surface area (Å²) in [6.07, 6.45) is 0. The molecule has 0 aromatic carbocycles.